The van der Waals surface area contributed by atoms with Gasteiger partial charge in [0.2, 0.25) is 0 Å². The summed E-state index contributed by atoms with van der Waals surface area (Å²) >= 11 is 0. The first-order valence-electron chi connectivity index (χ1n) is 8.17. The molecule has 0 aliphatic carbocycles. The van der Waals surface area contributed by atoms with Crippen LogP contribution >= 0.6 is 0 Å². The third kappa shape index (κ3) is 3.72. The van der Waals surface area contributed by atoms with E-state index >= 15 is 0 Å². The van der Waals surface area contributed by atoms with Crippen LogP contribution in [-0.2, 0) is 6.54 Å². The van der Waals surface area contributed by atoms with Crippen molar-refractivity contribution < 1.29 is 8.94 Å². The predicted octanol–water partition coefficient (Wildman–Crippen LogP) is 4.39. The maximum absolute atomic E-state index is 5.35. The van der Waals surface area contributed by atoms with Crippen LogP contribution in [0, 0.1) is 6.92 Å². The summed E-state index contributed by atoms with van der Waals surface area (Å²) in [6.07, 6.45) is 1.65. The highest BCUT2D eigenvalue weighted by atomic mass is 16.5. The fourth-order valence-electron chi connectivity index (χ4n) is 2.47. The summed E-state index contributed by atoms with van der Waals surface area (Å²) in [7, 11) is 0. The molecule has 0 saturated heterocycles. The molecule has 26 heavy (non-hydrogen) atoms. The van der Waals surface area contributed by atoms with Crippen LogP contribution in [0.4, 0.5) is 17.5 Å². The zero-order valence-electron chi connectivity index (χ0n) is 14.1. The van der Waals surface area contributed by atoms with Crippen LogP contribution in [0.3, 0.4) is 0 Å². The first-order valence-corrected chi connectivity index (χ1v) is 8.17. The second-order valence-corrected chi connectivity index (χ2v) is 5.71. The maximum Gasteiger partial charge on any atom is 0.175 e. The van der Waals surface area contributed by atoms with Gasteiger partial charge in [0.05, 0.1) is 12.8 Å². The number of benzene rings is 1. The van der Waals surface area contributed by atoms with Crippen molar-refractivity contribution in [1.82, 2.24) is 15.1 Å². The summed E-state index contributed by atoms with van der Waals surface area (Å²) in [5, 5.41) is 10.4. The van der Waals surface area contributed by atoms with Gasteiger partial charge < -0.3 is 19.6 Å². The van der Waals surface area contributed by atoms with Crippen molar-refractivity contribution >= 4 is 17.5 Å². The molecule has 7 nitrogen and oxygen atoms in total. The predicted molar refractivity (Wildman–Crippen MR) is 98.0 cm³/mol. The molecule has 0 fully saturated rings. The molecule has 0 amide bonds. The number of aryl methyl sites for hydroxylation is 1. The molecule has 0 radical (unpaired) electrons. The largest absolute Gasteiger partial charge is 0.467 e. The van der Waals surface area contributed by atoms with Crippen LogP contribution < -0.4 is 10.6 Å². The van der Waals surface area contributed by atoms with Gasteiger partial charge in [-0.25, -0.2) is 9.97 Å². The van der Waals surface area contributed by atoms with Crippen LogP contribution in [0.5, 0.6) is 0 Å². The van der Waals surface area contributed by atoms with Crippen LogP contribution in [0.15, 0.2) is 69.8 Å². The molecule has 0 spiro atoms. The number of rotatable bonds is 6. The van der Waals surface area contributed by atoms with Gasteiger partial charge >= 0.3 is 0 Å². The van der Waals surface area contributed by atoms with Crippen molar-refractivity contribution in [2.24, 2.45) is 0 Å². The van der Waals surface area contributed by atoms with Gasteiger partial charge in [0.1, 0.15) is 23.2 Å². The Balaban J connectivity index is 1.64. The Bertz CT molecular complexity index is 980. The van der Waals surface area contributed by atoms with Crippen LogP contribution in [-0.4, -0.2) is 15.1 Å². The second kappa shape index (κ2) is 7.10. The Hall–Kier alpha value is -3.61. The monoisotopic (exact) mass is 347 g/mol. The first kappa shape index (κ1) is 15.9. The van der Waals surface area contributed by atoms with Crippen LogP contribution in [0.1, 0.15) is 11.5 Å². The van der Waals surface area contributed by atoms with Gasteiger partial charge in [-0.2, -0.15) is 0 Å². The molecule has 0 aliphatic heterocycles. The van der Waals surface area contributed by atoms with Gasteiger partial charge in [0.25, 0.3) is 0 Å². The number of furan rings is 1. The van der Waals surface area contributed by atoms with Crippen molar-refractivity contribution in [3.8, 4) is 11.4 Å². The van der Waals surface area contributed by atoms with Gasteiger partial charge in [-0.1, -0.05) is 35.5 Å². The number of hydrogen-bond donors (Lipinski definition) is 2. The van der Waals surface area contributed by atoms with Gasteiger partial charge in [-0.15, -0.1) is 0 Å². The zero-order chi connectivity index (χ0) is 17.8. The van der Waals surface area contributed by atoms with Gasteiger partial charge in [-0.05, 0) is 19.1 Å². The molecule has 130 valence electrons. The standard InChI is InChI=1S/C19H17N5O2/c1-13-10-18(24-26-13)21-17-11-16(20-12-15-8-5-9-25-15)22-19(23-17)14-6-3-2-4-7-14/h2-11H,12H2,1H3,(H2,20,21,22,23,24). The van der Waals surface area contributed by atoms with E-state index in [-0.39, 0.29) is 0 Å². The summed E-state index contributed by atoms with van der Waals surface area (Å²) in [5.74, 6) is 4.05. The van der Waals surface area contributed by atoms with Gasteiger partial charge in [0, 0.05) is 17.7 Å². The van der Waals surface area contributed by atoms with Crippen molar-refractivity contribution in [2.75, 3.05) is 10.6 Å². The molecule has 4 aromatic rings. The highest BCUT2D eigenvalue weighted by Gasteiger charge is 2.09. The normalized spacial score (nSPS) is 10.7. The van der Waals surface area contributed by atoms with E-state index in [0.29, 0.717) is 29.8 Å². The highest BCUT2D eigenvalue weighted by molar-refractivity contribution is 5.63. The number of nitrogens with one attached hydrogen (secondary N) is 2. The highest BCUT2D eigenvalue weighted by Crippen LogP contribution is 2.23. The molecule has 3 heterocycles. The first-order chi connectivity index (χ1) is 12.8. The van der Waals surface area contributed by atoms with Gasteiger partial charge in [0.15, 0.2) is 11.6 Å². The third-order valence-corrected chi connectivity index (χ3v) is 3.67. The third-order valence-electron chi connectivity index (χ3n) is 3.67. The van der Waals surface area contributed by atoms with E-state index in [9.17, 15) is 0 Å². The SMILES string of the molecule is Cc1cc(Nc2cc(NCc3ccco3)nc(-c3ccccc3)n2)no1. The lowest BCUT2D eigenvalue weighted by atomic mass is 10.2. The zero-order valence-corrected chi connectivity index (χ0v) is 14.1. The molecule has 0 unspecified atom stereocenters. The average molecular weight is 347 g/mol. The number of aromatic nitrogens is 3. The molecule has 2 N–H and O–H groups in total. The number of hydrogen-bond acceptors (Lipinski definition) is 7. The minimum atomic E-state index is 0.529. The Kier molecular flexibility index (Phi) is 4.34. The molecule has 3 aromatic heterocycles. The maximum atomic E-state index is 5.35. The lowest BCUT2D eigenvalue weighted by Crippen LogP contribution is -2.04. The molecule has 7 heteroatoms. The molecule has 1 aromatic carbocycles. The van der Waals surface area contributed by atoms with E-state index in [1.54, 1.807) is 12.3 Å². The van der Waals surface area contributed by atoms with Crippen LogP contribution in [0.25, 0.3) is 11.4 Å². The summed E-state index contributed by atoms with van der Waals surface area (Å²) in [6, 6.07) is 17.2. The fourth-order valence-corrected chi connectivity index (χ4v) is 2.47. The van der Waals surface area contributed by atoms with E-state index in [1.165, 1.54) is 0 Å². The molecule has 0 aliphatic rings. The van der Waals surface area contributed by atoms with Crippen molar-refractivity contribution in [3.63, 3.8) is 0 Å². The topological polar surface area (TPSA) is 89.0 Å². The van der Waals surface area contributed by atoms with E-state index in [0.717, 1.165) is 17.1 Å². The van der Waals surface area contributed by atoms with E-state index in [4.69, 9.17) is 8.94 Å². The van der Waals surface area contributed by atoms with E-state index in [2.05, 4.69) is 25.8 Å². The molecule has 0 bridgehead atoms. The number of anilines is 3. The van der Waals surface area contributed by atoms with Gasteiger partial charge in [-0.3, -0.25) is 0 Å². The van der Waals surface area contributed by atoms with E-state index < -0.39 is 0 Å². The smallest absolute Gasteiger partial charge is 0.175 e. The van der Waals surface area contributed by atoms with Crippen molar-refractivity contribution in [3.05, 3.63) is 72.4 Å². The van der Waals surface area contributed by atoms with Crippen molar-refractivity contribution in [1.29, 1.82) is 0 Å². The van der Waals surface area contributed by atoms with Crippen LogP contribution in [0.2, 0.25) is 0 Å². The van der Waals surface area contributed by atoms with E-state index in [1.807, 2.05) is 55.5 Å². The Labute approximate surface area is 150 Å². The lowest BCUT2D eigenvalue weighted by molar-refractivity contribution is 0.400. The van der Waals surface area contributed by atoms with Crippen molar-refractivity contribution in [2.45, 2.75) is 13.5 Å². The molecular formula is C19H17N5O2. The average Bonchev–Trinajstić information content (AvgIpc) is 3.32. The minimum Gasteiger partial charge on any atom is -0.467 e. The Morgan fingerprint density at radius 2 is 1.77 bits per heavy atom. The lowest BCUT2D eigenvalue weighted by Gasteiger charge is -2.10. The molecule has 4 rings (SSSR count). The summed E-state index contributed by atoms with van der Waals surface area (Å²) in [4.78, 5) is 9.19. The number of nitrogens with zero attached hydrogens (tertiary/aromatic N) is 3. The molecule has 0 saturated carbocycles. The fraction of sp³-hybridized carbons (Fsp3) is 0.105. The Morgan fingerprint density at radius 1 is 0.923 bits per heavy atom. The molecular weight excluding hydrogens is 330 g/mol. The Morgan fingerprint density at radius 3 is 2.50 bits per heavy atom. The molecule has 0 atom stereocenters. The minimum absolute atomic E-state index is 0.529. The second-order valence-electron chi connectivity index (χ2n) is 5.71. The summed E-state index contributed by atoms with van der Waals surface area (Å²) in [5.41, 5.74) is 0.925. The quantitative estimate of drug-likeness (QED) is 0.535. The summed E-state index contributed by atoms with van der Waals surface area (Å²) < 4.78 is 10.4. The summed E-state index contributed by atoms with van der Waals surface area (Å²) in [6.45, 7) is 2.37.